The smallest absolute Gasteiger partial charge is 0.226 e. The second-order valence-electron chi connectivity index (χ2n) is 4.57. The lowest BCUT2D eigenvalue weighted by Crippen LogP contribution is -2.29. The zero-order valence-electron chi connectivity index (χ0n) is 12.0. The summed E-state index contributed by atoms with van der Waals surface area (Å²) < 4.78 is 0. The molecule has 0 amide bonds. The van der Waals surface area contributed by atoms with E-state index in [0.29, 0.717) is 18.1 Å². The van der Waals surface area contributed by atoms with Gasteiger partial charge in [0.25, 0.3) is 0 Å². The molecule has 1 atom stereocenters. The topological polar surface area (TPSA) is 93.5 Å². The number of H-pyrrole nitrogens is 1. The Morgan fingerprint density at radius 1 is 1.45 bits per heavy atom. The van der Waals surface area contributed by atoms with Crippen LogP contribution < -0.4 is 10.2 Å². The molecule has 1 unspecified atom stereocenters. The molecular formula is C13H19N7. The number of fused-ring (bicyclic) bond motifs is 1. The van der Waals surface area contributed by atoms with E-state index in [1.165, 1.54) is 0 Å². The van der Waals surface area contributed by atoms with Crippen LogP contribution in [0.2, 0.25) is 0 Å². The van der Waals surface area contributed by atoms with Gasteiger partial charge in [0.15, 0.2) is 11.5 Å². The van der Waals surface area contributed by atoms with Gasteiger partial charge in [-0.25, -0.2) is 4.98 Å². The number of anilines is 2. The molecule has 0 spiro atoms. The molecule has 0 aliphatic carbocycles. The van der Waals surface area contributed by atoms with E-state index < -0.39 is 0 Å². The molecule has 2 heterocycles. The van der Waals surface area contributed by atoms with Crippen LogP contribution in [0.5, 0.6) is 0 Å². The van der Waals surface area contributed by atoms with Crippen molar-refractivity contribution in [3.63, 3.8) is 0 Å². The number of aromatic nitrogens is 4. The van der Waals surface area contributed by atoms with Crippen LogP contribution in [0.1, 0.15) is 20.8 Å². The van der Waals surface area contributed by atoms with Crippen LogP contribution in [0, 0.1) is 17.2 Å². The fourth-order valence-electron chi connectivity index (χ4n) is 2.02. The van der Waals surface area contributed by atoms with Gasteiger partial charge in [0.2, 0.25) is 5.95 Å². The number of hydrogen-bond acceptors (Lipinski definition) is 6. The summed E-state index contributed by atoms with van der Waals surface area (Å²) in [6.07, 6.45) is 1.61. The van der Waals surface area contributed by atoms with Crippen molar-refractivity contribution >= 4 is 22.9 Å². The minimum Gasteiger partial charge on any atom is -0.354 e. The highest BCUT2D eigenvalue weighted by Gasteiger charge is 2.17. The third-order valence-electron chi connectivity index (χ3n) is 3.00. The largest absolute Gasteiger partial charge is 0.354 e. The van der Waals surface area contributed by atoms with Gasteiger partial charge >= 0.3 is 0 Å². The summed E-state index contributed by atoms with van der Waals surface area (Å²) in [6.45, 7) is 8.08. The van der Waals surface area contributed by atoms with Gasteiger partial charge in [-0.05, 0) is 20.8 Å². The first-order chi connectivity index (χ1) is 9.69. The molecule has 0 aliphatic heterocycles. The Hall–Kier alpha value is -2.36. The van der Waals surface area contributed by atoms with Crippen LogP contribution in [-0.2, 0) is 0 Å². The molecule has 2 rings (SSSR count). The molecule has 0 bridgehead atoms. The van der Waals surface area contributed by atoms with Crippen molar-refractivity contribution in [3.05, 3.63) is 6.33 Å². The Balaban J connectivity index is 2.44. The molecule has 0 saturated heterocycles. The number of nitrogens with zero attached hydrogens (tertiary/aromatic N) is 5. The Kier molecular flexibility index (Phi) is 4.35. The van der Waals surface area contributed by atoms with Gasteiger partial charge in [-0.15, -0.1) is 0 Å². The second kappa shape index (κ2) is 6.19. The molecule has 0 fully saturated rings. The summed E-state index contributed by atoms with van der Waals surface area (Å²) in [7, 11) is 0. The molecule has 0 radical (unpaired) electrons. The zero-order valence-corrected chi connectivity index (χ0v) is 12.0. The monoisotopic (exact) mass is 273 g/mol. The van der Waals surface area contributed by atoms with Crippen molar-refractivity contribution in [2.45, 2.75) is 20.8 Å². The highest BCUT2D eigenvalue weighted by Crippen LogP contribution is 2.23. The third-order valence-corrected chi connectivity index (χ3v) is 3.00. The number of imidazole rings is 1. The van der Waals surface area contributed by atoms with Gasteiger partial charge in [0.1, 0.15) is 5.52 Å². The van der Waals surface area contributed by atoms with Crippen LogP contribution in [0.25, 0.3) is 11.2 Å². The molecule has 7 nitrogen and oxygen atoms in total. The molecule has 2 aromatic rings. The van der Waals surface area contributed by atoms with Crippen molar-refractivity contribution in [2.24, 2.45) is 5.92 Å². The van der Waals surface area contributed by atoms with E-state index in [4.69, 9.17) is 5.26 Å². The molecule has 0 saturated carbocycles. The molecule has 2 aromatic heterocycles. The summed E-state index contributed by atoms with van der Waals surface area (Å²) in [6, 6.07) is 2.25. The normalized spacial score (nSPS) is 12.1. The van der Waals surface area contributed by atoms with Gasteiger partial charge < -0.3 is 15.2 Å². The lowest BCUT2D eigenvalue weighted by molar-refractivity contribution is 0.681. The minimum absolute atomic E-state index is 0.0644. The zero-order chi connectivity index (χ0) is 14.5. The molecule has 0 aromatic carbocycles. The van der Waals surface area contributed by atoms with Gasteiger partial charge in [-0.3, -0.25) is 0 Å². The molecule has 7 heteroatoms. The van der Waals surface area contributed by atoms with Crippen LogP contribution >= 0.6 is 0 Å². The van der Waals surface area contributed by atoms with Crippen LogP contribution in [0.15, 0.2) is 6.33 Å². The first kappa shape index (κ1) is 14.1. The van der Waals surface area contributed by atoms with E-state index >= 15 is 0 Å². The SMILES string of the molecule is CCNc1nc(N(CC)CC(C)C#N)c2[nH]cnc2n1. The fourth-order valence-corrected chi connectivity index (χ4v) is 2.02. The van der Waals surface area contributed by atoms with Crippen molar-refractivity contribution in [1.82, 2.24) is 19.9 Å². The number of aromatic amines is 1. The van der Waals surface area contributed by atoms with E-state index in [2.05, 4.69) is 36.2 Å². The Bertz CT molecular complexity index is 613. The highest BCUT2D eigenvalue weighted by molar-refractivity contribution is 5.84. The first-order valence-corrected chi connectivity index (χ1v) is 6.79. The summed E-state index contributed by atoms with van der Waals surface area (Å²) in [5, 5.41) is 12.1. The van der Waals surface area contributed by atoms with Gasteiger partial charge in [0, 0.05) is 19.6 Å². The highest BCUT2D eigenvalue weighted by atomic mass is 15.2. The maximum absolute atomic E-state index is 9.00. The third kappa shape index (κ3) is 2.79. The molecule has 0 aliphatic rings. The lowest BCUT2D eigenvalue weighted by atomic mass is 10.2. The summed E-state index contributed by atoms with van der Waals surface area (Å²) in [4.78, 5) is 18.2. The predicted octanol–water partition coefficient (Wildman–Crippen LogP) is 1.77. The van der Waals surface area contributed by atoms with E-state index in [1.807, 2.05) is 20.8 Å². The quantitative estimate of drug-likeness (QED) is 0.833. The Morgan fingerprint density at radius 3 is 2.90 bits per heavy atom. The second-order valence-corrected chi connectivity index (χ2v) is 4.57. The lowest BCUT2D eigenvalue weighted by Gasteiger charge is -2.23. The molecule has 106 valence electrons. The summed E-state index contributed by atoms with van der Waals surface area (Å²) in [5.74, 6) is 1.28. The number of rotatable bonds is 6. The average Bonchev–Trinajstić information content (AvgIpc) is 2.92. The fraction of sp³-hybridized carbons (Fsp3) is 0.538. The maximum atomic E-state index is 9.00. The minimum atomic E-state index is -0.0644. The number of nitriles is 1. The van der Waals surface area contributed by atoms with Crippen molar-refractivity contribution in [3.8, 4) is 6.07 Å². The standard InChI is InChI=1S/C13H19N7/c1-4-15-13-18-11-10(16-8-17-11)12(19-13)20(5-2)7-9(3)6-14/h8-9H,4-5,7H2,1-3H3,(H2,15,16,17,18,19). The van der Waals surface area contributed by atoms with Crippen molar-refractivity contribution < 1.29 is 0 Å². The number of nitrogens with one attached hydrogen (secondary N) is 2. The summed E-state index contributed by atoms with van der Waals surface area (Å²) >= 11 is 0. The Labute approximate surface area is 118 Å². The van der Waals surface area contributed by atoms with E-state index in [0.717, 1.165) is 24.4 Å². The predicted molar refractivity (Wildman–Crippen MR) is 78.5 cm³/mol. The van der Waals surface area contributed by atoms with Gasteiger partial charge in [-0.1, -0.05) is 0 Å². The number of hydrogen-bond donors (Lipinski definition) is 2. The van der Waals surface area contributed by atoms with Crippen LogP contribution in [-0.4, -0.2) is 39.6 Å². The van der Waals surface area contributed by atoms with E-state index in [-0.39, 0.29) is 5.92 Å². The molecular weight excluding hydrogens is 254 g/mol. The maximum Gasteiger partial charge on any atom is 0.226 e. The van der Waals surface area contributed by atoms with Gasteiger partial charge in [0.05, 0.1) is 18.3 Å². The van der Waals surface area contributed by atoms with E-state index in [1.54, 1.807) is 6.33 Å². The molecule has 2 N–H and O–H groups in total. The molecule has 20 heavy (non-hydrogen) atoms. The van der Waals surface area contributed by atoms with Crippen LogP contribution in [0.3, 0.4) is 0 Å². The first-order valence-electron chi connectivity index (χ1n) is 6.79. The van der Waals surface area contributed by atoms with Crippen molar-refractivity contribution in [1.29, 1.82) is 5.26 Å². The van der Waals surface area contributed by atoms with Crippen molar-refractivity contribution in [2.75, 3.05) is 29.9 Å². The Morgan fingerprint density at radius 2 is 2.25 bits per heavy atom. The van der Waals surface area contributed by atoms with Crippen LogP contribution in [0.4, 0.5) is 11.8 Å². The summed E-state index contributed by atoms with van der Waals surface area (Å²) in [5.41, 5.74) is 1.44. The van der Waals surface area contributed by atoms with E-state index in [9.17, 15) is 0 Å². The van der Waals surface area contributed by atoms with Gasteiger partial charge in [-0.2, -0.15) is 15.2 Å². The average molecular weight is 273 g/mol.